The number of morpholine rings is 1. The second-order valence-electron chi connectivity index (χ2n) is 5.82. The highest BCUT2D eigenvalue weighted by Gasteiger charge is 2.15. The molecular formula is C18H21N3O4S. The van der Waals surface area contributed by atoms with Crippen molar-refractivity contribution >= 4 is 23.5 Å². The van der Waals surface area contributed by atoms with Gasteiger partial charge in [0.2, 0.25) is 0 Å². The average molecular weight is 375 g/mol. The summed E-state index contributed by atoms with van der Waals surface area (Å²) >= 11 is 1.52. The van der Waals surface area contributed by atoms with Crippen LogP contribution in [0.1, 0.15) is 21.6 Å². The summed E-state index contributed by atoms with van der Waals surface area (Å²) in [6, 6.07) is 8.82. The number of carboxylic acid groups (broad SMARTS) is 1. The molecule has 26 heavy (non-hydrogen) atoms. The van der Waals surface area contributed by atoms with E-state index < -0.39 is 5.97 Å². The minimum absolute atomic E-state index is 0.284. The number of rotatable bonds is 7. The van der Waals surface area contributed by atoms with Crippen LogP contribution in [0, 0.1) is 0 Å². The van der Waals surface area contributed by atoms with Gasteiger partial charge in [0.25, 0.3) is 0 Å². The summed E-state index contributed by atoms with van der Waals surface area (Å²) in [6.07, 6.45) is 0. The van der Waals surface area contributed by atoms with Crippen molar-refractivity contribution in [2.45, 2.75) is 17.5 Å². The number of aromatic nitrogens is 2. The number of aromatic carboxylic acids is 1. The van der Waals surface area contributed by atoms with E-state index in [0.717, 1.165) is 30.2 Å². The summed E-state index contributed by atoms with van der Waals surface area (Å²) in [7, 11) is 1.65. The lowest BCUT2D eigenvalue weighted by atomic mass is 10.1. The lowest BCUT2D eigenvalue weighted by Gasteiger charge is -2.28. The number of thioether (sulfide) groups is 1. The fraction of sp³-hybridized carbons (Fsp3) is 0.389. The molecule has 0 unspecified atom stereocenters. The molecule has 1 aliphatic heterocycles. The normalized spacial score (nSPS) is 14.4. The van der Waals surface area contributed by atoms with Gasteiger partial charge in [-0.25, -0.2) is 14.8 Å². The Morgan fingerprint density at radius 3 is 2.65 bits per heavy atom. The Labute approximate surface area is 156 Å². The molecule has 1 N–H and O–H groups in total. The smallest absolute Gasteiger partial charge is 0.335 e. The van der Waals surface area contributed by atoms with Gasteiger partial charge in [0.15, 0.2) is 5.16 Å². The van der Waals surface area contributed by atoms with E-state index in [2.05, 4.69) is 14.9 Å². The van der Waals surface area contributed by atoms with Crippen molar-refractivity contribution in [2.75, 3.05) is 38.3 Å². The zero-order valence-corrected chi connectivity index (χ0v) is 15.4. The van der Waals surface area contributed by atoms with Gasteiger partial charge >= 0.3 is 5.97 Å². The molecule has 1 aliphatic rings. The molecular weight excluding hydrogens is 354 g/mol. The van der Waals surface area contributed by atoms with Crippen molar-refractivity contribution in [3.05, 3.63) is 47.2 Å². The van der Waals surface area contributed by atoms with Crippen molar-refractivity contribution < 1.29 is 19.4 Å². The molecule has 8 heteroatoms. The maximum absolute atomic E-state index is 10.9. The number of benzene rings is 1. The molecule has 2 aromatic rings. The lowest BCUT2D eigenvalue weighted by molar-refractivity contribution is 0.0697. The average Bonchev–Trinajstić information content (AvgIpc) is 2.67. The predicted octanol–water partition coefficient (Wildman–Crippen LogP) is 2.45. The van der Waals surface area contributed by atoms with E-state index in [4.69, 9.17) is 14.6 Å². The minimum atomic E-state index is -0.921. The molecule has 0 atom stereocenters. The second kappa shape index (κ2) is 8.98. The number of hydrogen-bond acceptors (Lipinski definition) is 7. The number of hydrogen-bond donors (Lipinski definition) is 1. The quantitative estimate of drug-likeness (QED) is 0.583. The standard InChI is InChI=1S/C18H21N3O4S/c1-24-11-15-10-16(21-6-8-25-9-7-21)20-18(19-15)26-12-13-2-4-14(5-3-13)17(22)23/h2-5,10H,6-9,11-12H2,1H3,(H,22,23). The van der Waals surface area contributed by atoms with Crippen LogP contribution in [0.4, 0.5) is 5.82 Å². The summed E-state index contributed by atoms with van der Waals surface area (Å²) in [6.45, 7) is 3.44. The highest BCUT2D eigenvalue weighted by Crippen LogP contribution is 2.24. The van der Waals surface area contributed by atoms with Gasteiger partial charge in [-0.15, -0.1) is 0 Å². The Bertz CT molecular complexity index is 749. The molecule has 2 heterocycles. The minimum Gasteiger partial charge on any atom is -0.478 e. The molecule has 0 bridgehead atoms. The number of carboxylic acids is 1. The van der Waals surface area contributed by atoms with E-state index in [-0.39, 0.29) is 5.56 Å². The molecule has 1 saturated heterocycles. The number of methoxy groups -OCH3 is 1. The maximum atomic E-state index is 10.9. The Morgan fingerprint density at radius 2 is 2.00 bits per heavy atom. The topological polar surface area (TPSA) is 84.8 Å². The molecule has 1 aromatic heterocycles. The summed E-state index contributed by atoms with van der Waals surface area (Å²) in [5.41, 5.74) is 2.15. The SMILES string of the molecule is COCc1cc(N2CCOCC2)nc(SCc2ccc(C(=O)O)cc2)n1. The summed E-state index contributed by atoms with van der Waals surface area (Å²) < 4.78 is 10.6. The van der Waals surface area contributed by atoms with Crippen LogP contribution in [0.3, 0.4) is 0 Å². The van der Waals surface area contributed by atoms with E-state index in [1.54, 1.807) is 19.2 Å². The second-order valence-corrected chi connectivity index (χ2v) is 6.77. The Morgan fingerprint density at radius 1 is 1.27 bits per heavy atom. The van der Waals surface area contributed by atoms with Crippen LogP contribution in [-0.4, -0.2) is 54.5 Å². The zero-order chi connectivity index (χ0) is 18.4. The predicted molar refractivity (Wildman–Crippen MR) is 98.7 cm³/mol. The van der Waals surface area contributed by atoms with Gasteiger partial charge in [-0.2, -0.15) is 0 Å². The molecule has 0 aliphatic carbocycles. The third kappa shape index (κ3) is 4.94. The van der Waals surface area contributed by atoms with Gasteiger partial charge in [0.05, 0.1) is 31.1 Å². The third-order valence-corrected chi connectivity index (χ3v) is 4.86. The monoisotopic (exact) mass is 375 g/mol. The summed E-state index contributed by atoms with van der Waals surface area (Å²) in [5, 5.41) is 9.65. The third-order valence-electron chi connectivity index (χ3n) is 3.94. The van der Waals surface area contributed by atoms with Crippen LogP contribution in [0.25, 0.3) is 0 Å². The van der Waals surface area contributed by atoms with Gasteiger partial charge in [0.1, 0.15) is 5.82 Å². The van der Waals surface area contributed by atoms with Gasteiger partial charge in [-0.1, -0.05) is 23.9 Å². The first-order chi connectivity index (χ1) is 12.7. The van der Waals surface area contributed by atoms with Gasteiger partial charge < -0.3 is 19.5 Å². The zero-order valence-electron chi connectivity index (χ0n) is 14.6. The fourth-order valence-corrected chi connectivity index (χ4v) is 3.42. The molecule has 0 amide bonds. The largest absolute Gasteiger partial charge is 0.478 e. The highest BCUT2D eigenvalue weighted by molar-refractivity contribution is 7.98. The number of anilines is 1. The molecule has 0 radical (unpaired) electrons. The Hall–Kier alpha value is -2.16. The van der Waals surface area contributed by atoms with Gasteiger partial charge in [-0.3, -0.25) is 0 Å². The van der Waals surface area contributed by atoms with E-state index in [1.807, 2.05) is 18.2 Å². The molecule has 1 fully saturated rings. The van der Waals surface area contributed by atoms with Crippen LogP contribution >= 0.6 is 11.8 Å². The van der Waals surface area contributed by atoms with Crippen molar-refractivity contribution in [1.29, 1.82) is 0 Å². The van der Waals surface area contributed by atoms with E-state index in [1.165, 1.54) is 11.8 Å². The Balaban J connectivity index is 1.73. The number of carbonyl (C=O) groups is 1. The first kappa shape index (κ1) is 18.6. The maximum Gasteiger partial charge on any atom is 0.335 e. The summed E-state index contributed by atoms with van der Waals surface area (Å²) in [5.74, 6) is 0.632. The van der Waals surface area contributed by atoms with Crippen molar-refractivity contribution in [1.82, 2.24) is 9.97 Å². The van der Waals surface area contributed by atoms with Crippen LogP contribution in [0.5, 0.6) is 0 Å². The molecule has 7 nitrogen and oxygen atoms in total. The van der Waals surface area contributed by atoms with Crippen molar-refractivity contribution in [2.24, 2.45) is 0 Å². The van der Waals surface area contributed by atoms with Crippen LogP contribution in [-0.2, 0) is 21.8 Å². The molecule has 3 rings (SSSR count). The van der Waals surface area contributed by atoms with E-state index in [9.17, 15) is 4.79 Å². The van der Waals surface area contributed by atoms with Crippen LogP contribution in [0.15, 0.2) is 35.5 Å². The lowest BCUT2D eigenvalue weighted by Crippen LogP contribution is -2.37. The van der Waals surface area contributed by atoms with Gasteiger partial charge in [-0.05, 0) is 17.7 Å². The first-order valence-corrected chi connectivity index (χ1v) is 9.29. The van der Waals surface area contributed by atoms with Crippen LogP contribution in [0.2, 0.25) is 0 Å². The van der Waals surface area contributed by atoms with Gasteiger partial charge in [0, 0.05) is 32.0 Å². The highest BCUT2D eigenvalue weighted by atomic mass is 32.2. The van der Waals surface area contributed by atoms with Crippen LogP contribution < -0.4 is 4.90 Å². The Kier molecular flexibility index (Phi) is 6.43. The summed E-state index contributed by atoms with van der Waals surface area (Å²) in [4.78, 5) is 22.3. The molecule has 0 saturated carbocycles. The van der Waals surface area contributed by atoms with E-state index in [0.29, 0.717) is 30.7 Å². The molecule has 0 spiro atoms. The molecule has 1 aromatic carbocycles. The van der Waals surface area contributed by atoms with Crippen molar-refractivity contribution in [3.63, 3.8) is 0 Å². The molecule has 138 valence electrons. The fourth-order valence-electron chi connectivity index (χ4n) is 2.59. The van der Waals surface area contributed by atoms with Crippen molar-refractivity contribution in [3.8, 4) is 0 Å². The first-order valence-electron chi connectivity index (χ1n) is 8.30. The number of ether oxygens (including phenoxy) is 2. The van der Waals surface area contributed by atoms with E-state index >= 15 is 0 Å². The number of nitrogens with zero attached hydrogens (tertiary/aromatic N) is 3.